The maximum absolute atomic E-state index is 14.0. The molecule has 0 amide bonds. The predicted octanol–water partition coefficient (Wildman–Crippen LogP) is 6.72. The van der Waals surface area contributed by atoms with Gasteiger partial charge >= 0.3 is 0 Å². The van der Waals surface area contributed by atoms with Crippen LogP contribution in [-0.2, 0) is 21.2 Å². The van der Waals surface area contributed by atoms with E-state index in [1.807, 2.05) is 24.5 Å². The van der Waals surface area contributed by atoms with Crippen molar-refractivity contribution in [1.82, 2.24) is 9.55 Å². The third-order valence-corrected chi connectivity index (χ3v) is 8.45. The van der Waals surface area contributed by atoms with Crippen LogP contribution < -0.4 is 5.14 Å². The van der Waals surface area contributed by atoms with Gasteiger partial charge in [0.1, 0.15) is 16.5 Å². The Bertz CT molecular complexity index is 1540. The van der Waals surface area contributed by atoms with Gasteiger partial charge in [0.15, 0.2) is 5.16 Å². The Kier molecular flexibility index (Phi) is 7.50. The van der Waals surface area contributed by atoms with Crippen LogP contribution in [0.4, 0.5) is 8.78 Å². The zero-order chi connectivity index (χ0) is 26.3. The average Bonchev–Trinajstić information content (AvgIpc) is 3.25. The Hall–Kier alpha value is -2.43. The summed E-state index contributed by atoms with van der Waals surface area (Å²) in [6.45, 7) is 4.02. The molecule has 4 aromatic rings. The maximum atomic E-state index is 14.0. The lowest BCUT2D eigenvalue weighted by atomic mass is 9.81. The van der Waals surface area contributed by atoms with Crippen molar-refractivity contribution in [1.29, 1.82) is 0 Å². The number of primary sulfonamides is 1. The van der Waals surface area contributed by atoms with Crippen molar-refractivity contribution in [3.05, 3.63) is 105 Å². The first-order valence-corrected chi connectivity index (χ1v) is 13.9. The molecule has 2 N–H and O–H groups in total. The standard InChI is InChI=1S/C25H21Cl2F2N3O2S2/c1-25(2,16-4-9-19(26)20(27)12-16)23-13-31-24(32(23)18-7-5-17(28)6-8-18)35-14-15-3-10-21(29)22(11-15)36(30,33)34/h3-13H,14H2,1-2H3,(H2,30,33,34). The van der Waals surface area contributed by atoms with Gasteiger partial charge in [0.2, 0.25) is 10.0 Å². The van der Waals surface area contributed by atoms with Crippen LogP contribution in [0, 0.1) is 11.6 Å². The number of sulfonamides is 1. The van der Waals surface area contributed by atoms with Gasteiger partial charge in [-0.1, -0.05) is 60.9 Å². The summed E-state index contributed by atoms with van der Waals surface area (Å²) in [5.41, 5.74) is 2.35. The largest absolute Gasteiger partial charge is 0.291 e. The van der Waals surface area contributed by atoms with Gasteiger partial charge in [-0.3, -0.25) is 4.57 Å². The van der Waals surface area contributed by atoms with Crippen LogP contribution in [-0.4, -0.2) is 18.0 Å². The molecule has 0 spiro atoms. The Morgan fingerprint density at radius 2 is 1.69 bits per heavy atom. The molecule has 188 valence electrons. The van der Waals surface area contributed by atoms with Crippen LogP contribution in [0.1, 0.15) is 30.7 Å². The summed E-state index contributed by atoms with van der Waals surface area (Å²) < 4.78 is 53.0. The van der Waals surface area contributed by atoms with Crippen molar-refractivity contribution in [2.45, 2.75) is 35.1 Å². The van der Waals surface area contributed by atoms with Gasteiger partial charge in [0.05, 0.1) is 21.9 Å². The number of benzene rings is 3. The molecule has 0 unspecified atom stereocenters. The number of aromatic nitrogens is 2. The first-order valence-electron chi connectivity index (χ1n) is 10.6. The molecular formula is C25H21Cl2F2N3O2S2. The molecule has 0 aliphatic rings. The second-order valence-corrected chi connectivity index (χ2v) is 11.9. The minimum absolute atomic E-state index is 0.285. The minimum Gasteiger partial charge on any atom is -0.291 e. The highest BCUT2D eigenvalue weighted by molar-refractivity contribution is 7.98. The van der Waals surface area contributed by atoms with Gasteiger partial charge in [-0.15, -0.1) is 0 Å². The van der Waals surface area contributed by atoms with E-state index in [9.17, 15) is 17.2 Å². The molecule has 0 aliphatic heterocycles. The van der Waals surface area contributed by atoms with E-state index in [2.05, 4.69) is 4.98 Å². The smallest absolute Gasteiger partial charge is 0.240 e. The highest BCUT2D eigenvalue weighted by atomic mass is 35.5. The molecule has 0 aliphatic carbocycles. The minimum atomic E-state index is -4.21. The number of hydrogen-bond donors (Lipinski definition) is 1. The number of rotatable bonds is 7. The summed E-state index contributed by atoms with van der Waals surface area (Å²) in [5, 5.41) is 6.57. The molecule has 3 aromatic carbocycles. The quantitative estimate of drug-likeness (QED) is 0.251. The zero-order valence-electron chi connectivity index (χ0n) is 19.2. The number of nitrogens with zero attached hydrogens (tertiary/aromatic N) is 2. The molecule has 0 saturated carbocycles. The van der Waals surface area contributed by atoms with E-state index in [4.69, 9.17) is 28.3 Å². The SMILES string of the molecule is CC(C)(c1ccc(Cl)c(Cl)c1)c1cnc(SCc2ccc(F)c(S(N)(=O)=O)c2)n1-c1ccc(F)cc1. The molecule has 5 nitrogen and oxygen atoms in total. The zero-order valence-corrected chi connectivity index (χ0v) is 22.3. The van der Waals surface area contributed by atoms with Crippen LogP contribution >= 0.6 is 35.0 Å². The van der Waals surface area contributed by atoms with Crippen molar-refractivity contribution >= 4 is 45.0 Å². The second-order valence-electron chi connectivity index (χ2n) is 8.59. The summed E-state index contributed by atoms with van der Waals surface area (Å²) in [6.07, 6.45) is 1.73. The average molecular weight is 568 g/mol. The Labute approximate surface area is 222 Å². The van der Waals surface area contributed by atoms with Crippen molar-refractivity contribution < 1.29 is 17.2 Å². The van der Waals surface area contributed by atoms with Gasteiger partial charge in [-0.25, -0.2) is 27.3 Å². The van der Waals surface area contributed by atoms with E-state index in [1.165, 1.54) is 36.0 Å². The monoisotopic (exact) mass is 567 g/mol. The van der Waals surface area contributed by atoms with Crippen LogP contribution in [0.25, 0.3) is 5.69 Å². The Morgan fingerprint density at radius 3 is 2.33 bits per heavy atom. The number of imidazole rings is 1. The van der Waals surface area contributed by atoms with Crippen LogP contribution in [0.15, 0.2) is 76.9 Å². The van der Waals surface area contributed by atoms with Gasteiger partial charge in [-0.2, -0.15) is 0 Å². The van der Waals surface area contributed by atoms with Crippen molar-refractivity contribution in [2.75, 3.05) is 0 Å². The highest BCUT2D eigenvalue weighted by Gasteiger charge is 2.30. The maximum Gasteiger partial charge on any atom is 0.240 e. The van der Waals surface area contributed by atoms with Gasteiger partial charge in [0.25, 0.3) is 0 Å². The molecule has 0 radical (unpaired) electrons. The number of nitrogens with two attached hydrogens (primary N) is 1. The lowest BCUT2D eigenvalue weighted by molar-refractivity contribution is 0.567. The molecule has 1 heterocycles. The Balaban J connectivity index is 1.77. The van der Waals surface area contributed by atoms with Crippen molar-refractivity contribution in [3.63, 3.8) is 0 Å². The highest BCUT2D eigenvalue weighted by Crippen LogP contribution is 2.38. The number of hydrogen-bond acceptors (Lipinski definition) is 4. The predicted molar refractivity (Wildman–Crippen MR) is 139 cm³/mol. The fourth-order valence-electron chi connectivity index (χ4n) is 3.75. The second kappa shape index (κ2) is 10.1. The fourth-order valence-corrected chi connectivity index (χ4v) is 5.64. The topological polar surface area (TPSA) is 78.0 Å². The fraction of sp³-hybridized carbons (Fsp3) is 0.160. The van der Waals surface area contributed by atoms with Gasteiger partial charge < -0.3 is 0 Å². The number of halogens is 4. The summed E-state index contributed by atoms with van der Waals surface area (Å²) in [6, 6.07) is 15.2. The van der Waals surface area contributed by atoms with Crippen LogP contribution in [0.2, 0.25) is 10.0 Å². The van der Waals surface area contributed by atoms with Crippen LogP contribution in [0.5, 0.6) is 0 Å². The van der Waals surface area contributed by atoms with Crippen LogP contribution in [0.3, 0.4) is 0 Å². The van der Waals surface area contributed by atoms with E-state index >= 15 is 0 Å². The van der Waals surface area contributed by atoms with Gasteiger partial charge in [-0.05, 0) is 59.7 Å². The lowest BCUT2D eigenvalue weighted by Gasteiger charge is -2.28. The number of thioether (sulfide) groups is 1. The van der Waals surface area contributed by atoms with Gasteiger partial charge in [0, 0.05) is 16.9 Å². The van der Waals surface area contributed by atoms with Crippen molar-refractivity contribution in [3.8, 4) is 5.69 Å². The first kappa shape index (κ1) is 26.6. The molecule has 36 heavy (non-hydrogen) atoms. The lowest BCUT2D eigenvalue weighted by Crippen LogP contribution is -2.23. The molecule has 1 aromatic heterocycles. The summed E-state index contributed by atoms with van der Waals surface area (Å²) >= 11 is 13.7. The summed E-state index contributed by atoms with van der Waals surface area (Å²) in [4.78, 5) is 4.04. The normalized spacial score (nSPS) is 12.2. The van der Waals surface area contributed by atoms with E-state index in [-0.39, 0.29) is 11.6 Å². The molecule has 0 fully saturated rings. The third kappa shape index (κ3) is 5.45. The van der Waals surface area contributed by atoms with E-state index in [0.29, 0.717) is 26.5 Å². The molecular weight excluding hydrogens is 547 g/mol. The summed E-state index contributed by atoms with van der Waals surface area (Å²) in [5.74, 6) is -1.00. The molecule has 4 rings (SSSR count). The van der Waals surface area contributed by atoms with E-state index in [0.717, 1.165) is 17.3 Å². The van der Waals surface area contributed by atoms with E-state index < -0.39 is 26.2 Å². The van der Waals surface area contributed by atoms with E-state index in [1.54, 1.807) is 30.5 Å². The first-order chi connectivity index (χ1) is 16.9. The summed E-state index contributed by atoms with van der Waals surface area (Å²) in [7, 11) is -4.21. The Morgan fingerprint density at radius 1 is 1.00 bits per heavy atom. The molecule has 0 atom stereocenters. The third-order valence-electron chi connectivity index (χ3n) is 5.77. The molecule has 11 heteroatoms. The molecule has 0 bridgehead atoms. The van der Waals surface area contributed by atoms with Crippen molar-refractivity contribution in [2.24, 2.45) is 5.14 Å². The molecule has 0 saturated heterocycles.